The van der Waals surface area contributed by atoms with Gasteiger partial charge in [0.2, 0.25) is 0 Å². The number of likely N-dealkylation sites (N-methyl/N-ethyl adjacent to an activating group) is 1. The van der Waals surface area contributed by atoms with Gasteiger partial charge in [-0.3, -0.25) is 9.69 Å². The molecular formula is C21H22Cl2N3O4S-. The summed E-state index contributed by atoms with van der Waals surface area (Å²) in [6.45, 7) is 2.12. The summed E-state index contributed by atoms with van der Waals surface area (Å²) >= 11 is 7.75. The molecule has 1 aliphatic heterocycles. The van der Waals surface area contributed by atoms with Crippen molar-refractivity contribution in [3.63, 3.8) is 0 Å². The number of benzene rings is 2. The summed E-state index contributed by atoms with van der Waals surface area (Å²) in [5.41, 5.74) is 1.16. The topological polar surface area (TPSA) is 64.1 Å². The number of carbonyl (C=O) groups is 1. The van der Waals surface area contributed by atoms with Crippen molar-refractivity contribution in [3.05, 3.63) is 40.9 Å². The van der Waals surface area contributed by atoms with Crippen molar-refractivity contribution in [3.8, 4) is 17.2 Å². The van der Waals surface area contributed by atoms with Crippen molar-refractivity contribution in [2.24, 2.45) is 0 Å². The number of ether oxygens (including phenoxy) is 3. The van der Waals surface area contributed by atoms with Gasteiger partial charge in [0.1, 0.15) is 24.5 Å². The first kappa shape index (κ1) is 23.4. The molecular weight excluding hydrogens is 461 g/mol. The molecule has 0 unspecified atom stereocenters. The minimum Gasteiger partial charge on any atom is -1.00 e. The van der Waals surface area contributed by atoms with Gasteiger partial charge in [-0.1, -0.05) is 22.9 Å². The van der Waals surface area contributed by atoms with Gasteiger partial charge < -0.3 is 31.5 Å². The van der Waals surface area contributed by atoms with Crippen molar-refractivity contribution in [2.75, 3.05) is 52.4 Å². The second-order valence-corrected chi connectivity index (χ2v) is 8.43. The molecule has 0 fully saturated rings. The number of methoxy groups -OCH3 is 1. The lowest BCUT2D eigenvalue weighted by Gasteiger charge is -2.23. The van der Waals surface area contributed by atoms with Crippen LogP contribution in [0.2, 0.25) is 5.02 Å². The van der Waals surface area contributed by atoms with E-state index in [0.717, 1.165) is 4.70 Å². The lowest BCUT2D eigenvalue weighted by molar-refractivity contribution is -0.0000145. The molecule has 2 heterocycles. The first-order valence-electron chi connectivity index (χ1n) is 9.47. The first-order valence-corrected chi connectivity index (χ1v) is 10.7. The number of fused-ring (bicyclic) bond motifs is 2. The van der Waals surface area contributed by atoms with Crippen LogP contribution in [0.15, 0.2) is 30.3 Å². The molecule has 166 valence electrons. The van der Waals surface area contributed by atoms with Gasteiger partial charge in [0.15, 0.2) is 16.6 Å². The van der Waals surface area contributed by atoms with E-state index >= 15 is 0 Å². The van der Waals surface area contributed by atoms with Crippen LogP contribution in [-0.4, -0.2) is 63.3 Å². The molecule has 0 saturated carbocycles. The van der Waals surface area contributed by atoms with Gasteiger partial charge in [0.25, 0.3) is 5.91 Å². The molecule has 2 aromatic carbocycles. The fraction of sp³-hybridized carbons (Fsp3) is 0.333. The minimum absolute atomic E-state index is 0. The van der Waals surface area contributed by atoms with E-state index in [2.05, 4.69) is 0 Å². The highest BCUT2D eigenvalue weighted by atomic mass is 35.5. The Kier molecular flexibility index (Phi) is 7.48. The van der Waals surface area contributed by atoms with E-state index in [-0.39, 0.29) is 18.3 Å². The predicted molar refractivity (Wildman–Crippen MR) is 119 cm³/mol. The quantitative estimate of drug-likeness (QED) is 0.520. The number of amides is 1. The van der Waals surface area contributed by atoms with Crippen molar-refractivity contribution >= 4 is 44.2 Å². The molecule has 0 atom stereocenters. The summed E-state index contributed by atoms with van der Waals surface area (Å²) in [7, 11) is 5.52. The van der Waals surface area contributed by atoms with Gasteiger partial charge in [0.05, 0.1) is 16.8 Å². The molecule has 0 radical (unpaired) electrons. The monoisotopic (exact) mass is 482 g/mol. The SMILES string of the molecule is COc1ccc(Cl)c2sc(N(CCN(C)C)C(=O)c3ccc4c(c3)OCCO4)nc12.[Cl-]. The molecule has 0 aliphatic carbocycles. The Bertz CT molecular complexity index is 1090. The van der Waals surface area contributed by atoms with Crippen LogP contribution in [0.3, 0.4) is 0 Å². The molecule has 0 N–H and O–H groups in total. The van der Waals surface area contributed by atoms with Gasteiger partial charge in [-0.05, 0) is 44.4 Å². The summed E-state index contributed by atoms with van der Waals surface area (Å²) in [6.07, 6.45) is 0. The molecule has 0 spiro atoms. The van der Waals surface area contributed by atoms with Crippen LogP contribution in [0, 0.1) is 0 Å². The Balaban J connectivity index is 0.00000272. The molecule has 3 aromatic rings. The summed E-state index contributed by atoms with van der Waals surface area (Å²) in [5.74, 6) is 1.68. The third-order valence-electron chi connectivity index (χ3n) is 4.70. The predicted octanol–water partition coefficient (Wildman–Crippen LogP) is 0.942. The number of carbonyl (C=O) groups excluding carboxylic acids is 1. The lowest BCUT2D eigenvalue weighted by Crippen LogP contribution is -3.00. The van der Waals surface area contributed by atoms with Crippen LogP contribution >= 0.6 is 22.9 Å². The maximum absolute atomic E-state index is 13.5. The van der Waals surface area contributed by atoms with Gasteiger partial charge in [-0.2, -0.15) is 0 Å². The highest BCUT2D eigenvalue weighted by Crippen LogP contribution is 2.39. The first-order chi connectivity index (χ1) is 14.5. The second-order valence-electron chi connectivity index (χ2n) is 7.04. The lowest BCUT2D eigenvalue weighted by atomic mass is 10.1. The van der Waals surface area contributed by atoms with E-state index in [9.17, 15) is 4.79 Å². The zero-order valence-electron chi connectivity index (χ0n) is 17.4. The van der Waals surface area contributed by atoms with E-state index in [0.29, 0.717) is 64.8 Å². The number of halogens is 2. The van der Waals surface area contributed by atoms with Crippen LogP contribution in [0.1, 0.15) is 10.4 Å². The van der Waals surface area contributed by atoms with Crippen LogP contribution in [0.25, 0.3) is 10.2 Å². The maximum atomic E-state index is 13.5. The smallest absolute Gasteiger partial charge is 0.260 e. The van der Waals surface area contributed by atoms with Crippen LogP contribution < -0.4 is 31.5 Å². The van der Waals surface area contributed by atoms with Gasteiger partial charge in [-0.25, -0.2) is 4.98 Å². The van der Waals surface area contributed by atoms with Crippen LogP contribution in [0.4, 0.5) is 5.13 Å². The Morgan fingerprint density at radius 1 is 1.16 bits per heavy atom. The highest BCUT2D eigenvalue weighted by molar-refractivity contribution is 7.23. The fourth-order valence-electron chi connectivity index (χ4n) is 3.14. The van der Waals surface area contributed by atoms with Gasteiger partial charge in [-0.15, -0.1) is 0 Å². The molecule has 10 heteroatoms. The zero-order chi connectivity index (χ0) is 21.3. The average Bonchev–Trinajstić information content (AvgIpc) is 3.19. The Morgan fingerprint density at radius 3 is 2.61 bits per heavy atom. The van der Waals surface area contributed by atoms with E-state index in [1.807, 2.05) is 19.0 Å². The standard InChI is InChI=1S/C21H22ClN3O4S.ClH/c1-24(2)8-9-25(20(26)13-4-6-15-17(12-13)29-11-10-28-15)21-23-18-16(27-3)7-5-14(22)19(18)30-21;/h4-7,12H,8-11H2,1-3H3;1H/p-1. The Labute approximate surface area is 195 Å². The number of anilines is 1. The van der Waals surface area contributed by atoms with Crippen molar-refractivity contribution in [2.45, 2.75) is 0 Å². The summed E-state index contributed by atoms with van der Waals surface area (Å²) < 4.78 is 17.4. The molecule has 0 bridgehead atoms. The molecule has 31 heavy (non-hydrogen) atoms. The van der Waals surface area contributed by atoms with Crippen LogP contribution in [0.5, 0.6) is 17.2 Å². The number of hydrogen-bond acceptors (Lipinski definition) is 7. The maximum Gasteiger partial charge on any atom is 0.260 e. The molecule has 1 aromatic heterocycles. The largest absolute Gasteiger partial charge is 1.00 e. The van der Waals surface area contributed by atoms with Crippen molar-refractivity contribution in [1.82, 2.24) is 9.88 Å². The van der Waals surface area contributed by atoms with E-state index in [4.69, 9.17) is 30.8 Å². The number of rotatable bonds is 6. The third-order valence-corrected chi connectivity index (χ3v) is 6.24. The molecule has 0 saturated heterocycles. The van der Waals surface area contributed by atoms with Crippen molar-refractivity contribution < 1.29 is 31.4 Å². The summed E-state index contributed by atoms with van der Waals surface area (Å²) in [6, 6.07) is 8.79. The zero-order valence-corrected chi connectivity index (χ0v) is 19.7. The number of hydrogen-bond donors (Lipinski definition) is 0. The third kappa shape index (κ3) is 4.82. The van der Waals surface area contributed by atoms with Crippen LogP contribution in [-0.2, 0) is 0 Å². The normalized spacial score (nSPS) is 12.5. The fourth-order valence-corrected chi connectivity index (χ4v) is 4.42. The van der Waals surface area contributed by atoms with Gasteiger partial charge in [0, 0.05) is 18.7 Å². The Hall–Kier alpha value is -2.26. The summed E-state index contributed by atoms with van der Waals surface area (Å²) in [5, 5.41) is 1.15. The molecule has 1 amide bonds. The minimum atomic E-state index is -0.164. The van der Waals surface area contributed by atoms with E-state index < -0.39 is 0 Å². The molecule has 4 rings (SSSR count). The Morgan fingerprint density at radius 2 is 1.90 bits per heavy atom. The molecule has 1 aliphatic rings. The number of nitrogens with zero attached hydrogens (tertiary/aromatic N) is 3. The van der Waals surface area contributed by atoms with E-state index in [1.54, 1.807) is 42.3 Å². The van der Waals surface area contributed by atoms with Gasteiger partial charge >= 0.3 is 0 Å². The average molecular weight is 483 g/mol. The second kappa shape index (κ2) is 9.91. The highest BCUT2D eigenvalue weighted by Gasteiger charge is 2.25. The number of thiazole rings is 1. The van der Waals surface area contributed by atoms with E-state index in [1.165, 1.54) is 11.3 Å². The molecule has 7 nitrogen and oxygen atoms in total. The summed E-state index contributed by atoms with van der Waals surface area (Å²) in [4.78, 5) is 21.9. The number of aromatic nitrogens is 1. The van der Waals surface area contributed by atoms with Crippen molar-refractivity contribution in [1.29, 1.82) is 0 Å².